The van der Waals surface area contributed by atoms with Crippen molar-refractivity contribution in [1.82, 2.24) is 15.0 Å². The van der Waals surface area contributed by atoms with Gasteiger partial charge in [-0.25, -0.2) is 15.0 Å². The highest BCUT2D eigenvalue weighted by Crippen LogP contribution is 2.33. The summed E-state index contributed by atoms with van der Waals surface area (Å²) in [6, 6.07) is 18.3. The minimum atomic E-state index is 0.164. The Morgan fingerprint density at radius 1 is 1.00 bits per heavy atom. The molecule has 8 heteroatoms. The third kappa shape index (κ3) is 4.84. The number of fused-ring (bicyclic) bond motifs is 1. The molecule has 6 nitrogen and oxygen atoms in total. The molecule has 0 aliphatic heterocycles. The van der Waals surface area contributed by atoms with Gasteiger partial charge in [0.05, 0.1) is 0 Å². The van der Waals surface area contributed by atoms with Crippen molar-refractivity contribution in [3.05, 3.63) is 65.7 Å². The highest BCUT2D eigenvalue weighted by molar-refractivity contribution is 7.98. The van der Waals surface area contributed by atoms with Crippen LogP contribution in [-0.2, 0) is 12.2 Å². The van der Waals surface area contributed by atoms with Crippen molar-refractivity contribution in [3.63, 3.8) is 0 Å². The van der Waals surface area contributed by atoms with Crippen LogP contribution in [0.3, 0.4) is 0 Å². The first kappa shape index (κ1) is 19.6. The van der Waals surface area contributed by atoms with Gasteiger partial charge in [0.25, 0.3) is 0 Å². The van der Waals surface area contributed by atoms with Gasteiger partial charge in [0, 0.05) is 18.0 Å². The normalized spacial score (nSPS) is 11.1. The zero-order valence-corrected chi connectivity index (χ0v) is 17.3. The molecule has 0 saturated carbocycles. The van der Waals surface area contributed by atoms with Gasteiger partial charge in [-0.15, -0.1) is 0 Å². The average Bonchev–Trinajstić information content (AvgIpc) is 3.13. The molecule has 0 atom stereocenters. The molecule has 4 rings (SSSR count). The van der Waals surface area contributed by atoms with Crippen LogP contribution in [0.2, 0.25) is 0 Å². The summed E-state index contributed by atoms with van der Waals surface area (Å²) in [5, 5.41) is 13.7. The minimum absolute atomic E-state index is 0.164. The van der Waals surface area contributed by atoms with E-state index in [9.17, 15) is 5.11 Å². The zero-order valence-electron chi connectivity index (χ0n) is 15.7. The van der Waals surface area contributed by atoms with Crippen molar-refractivity contribution in [2.45, 2.75) is 23.8 Å². The largest absolute Gasteiger partial charge is 0.396 e. The zero-order chi connectivity index (χ0) is 20.1. The third-order valence-corrected chi connectivity index (χ3v) is 6.13. The summed E-state index contributed by atoms with van der Waals surface area (Å²) in [4.78, 5) is 13.7. The molecule has 29 heavy (non-hydrogen) atoms. The van der Waals surface area contributed by atoms with Gasteiger partial charge in [-0.2, -0.15) is 0 Å². The third-order valence-electron chi connectivity index (χ3n) is 4.34. The van der Waals surface area contributed by atoms with E-state index in [0.717, 1.165) is 28.1 Å². The Hall–Kier alpha value is -2.68. The van der Waals surface area contributed by atoms with Gasteiger partial charge in [0.15, 0.2) is 21.8 Å². The Labute approximate surface area is 177 Å². The SMILES string of the molecule is Nc1nc2nc(SCc3ccccc3)nc(Nc3ccccc3CCCO)c2s1. The number of aliphatic hydroxyl groups is 1. The molecular formula is C21H21N5OS2. The van der Waals surface area contributed by atoms with Crippen LogP contribution in [0.1, 0.15) is 17.5 Å². The second-order valence-corrected chi connectivity index (χ2v) is 8.42. The number of thiazole rings is 1. The monoisotopic (exact) mass is 423 g/mol. The second kappa shape index (κ2) is 9.21. The second-order valence-electron chi connectivity index (χ2n) is 6.44. The van der Waals surface area contributed by atoms with Gasteiger partial charge in [-0.3, -0.25) is 0 Å². The van der Waals surface area contributed by atoms with E-state index in [1.54, 1.807) is 11.8 Å². The van der Waals surface area contributed by atoms with Gasteiger partial charge in [-0.05, 0) is 30.0 Å². The quantitative estimate of drug-likeness (QED) is 0.281. The first-order valence-corrected chi connectivity index (χ1v) is 11.1. The lowest BCUT2D eigenvalue weighted by Gasteiger charge is -2.12. The molecule has 0 aliphatic carbocycles. The number of anilines is 3. The number of aryl methyl sites for hydroxylation is 1. The van der Waals surface area contributed by atoms with Gasteiger partial charge < -0.3 is 16.2 Å². The van der Waals surface area contributed by atoms with Crippen LogP contribution in [0.25, 0.3) is 10.3 Å². The molecule has 0 amide bonds. The summed E-state index contributed by atoms with van der Waals surface area (Å²) in [6.07, 6.45) is 1.50. The Morgan fingerprint density at radius 3 is 2.62 bits per heavy atom. The van der Waals surface area contributed by atoms with Crippen LogP contribution in [0.5, 0.6) is 0 Å². The van der Waals surface area contributed by atoms with E-state index in [1.165, 1.54) is 16.9 Å². The van der Waals surface area contributed by atoms with Crippen molar-refractivity contribution in [2.75, 3.05) is 17.7 Å². The van der Waals surface area contributed by atoms with Crippen molar-refractivity contribution < 1.29 is 5.11 Å². The van der Waals surface area contributed by atoms with E-state index in [2.05, 4.69) is 33.5 Å². The number of aromatic nitrogens is 3. The molecule has 4 aromatic rings. The maximum Gasteiger partial charge on any atom is 0.191 e. The molecule has 0 radical (unpaired) electrons. The van der Waals surface area contributed by atoms with E-state index in [-0.39, 0.29) is 6.61 Å². The molecule has 0 unspecified atom stereocenters. The van der Waals surface area contributed by atoms with Crippen LogP contribution in [0.15, 0.2) is 59.8 Å². The molecule has 2 aromatic carbocycles. The van der Waals surface area contributed by atoms with Crippen LogP contribution in [-0.4, -0.2) is 26.7 Å². The molecule has 2 heterocycles. The number of hydrogen-bond acceptors (Lipinski definition) is 8. The molecule has 148 valence electrons. The maximum atomic E-state index is 9.18. The van der Waals surface area contributed by atoms with Crippen molar-refractivity contribution in [2.24, 2.45) is 0 Å². The number of nitrogen functional groups attached to an aromatic ring is 1. The lowest BCUT2D eigenvalue weighted by Crippen LogP contribution is -2.01. The minimum Gasteiger partial charge on any atom is -0.396 e. The van der Waals surface area contributed by atoms with Crippen LogP contribution >= 0.6 is 23.1 Å². The lowest BCUT2D eigenvalue weighted by atomic mass is 10.1. The molecule has 0 bridgehead atoms. The summed E-state index contributed by atoms with van der Waals surface area (Å²) in [5.41, 5.74) is 9.85. The lowest BCUT2D eigenvalue weighted by molar-refractivity contribution is 0.288. The smallest absolute Gasteiger partial charge is 0.191 e. The van der Waals surface area contributed by atoms with Crippen molar-refractivity contribution in [1.29, 1.82) is 0 Å². The molecule has 4 N–H and O–H groups in total. The molecule has 2 aromatic heterocycles. The number of hydrogen-bond donors (Lipinski definition) is 3. The van der Waals surface area contributed by atoms with Gasteiger partial charge in [-0.1, -0.05) is 71.6 Å². The first-order chi connectivity index (χ1) is 14.2. The molecule has 0 saturated heterocycles. The number of nitrogens with one attached hydrogen (secondary N) is 1. The van der Waals surface area contributed by atoms with E-state index in [1.807, 2.05) is 36.4 Å². The van der Waals surface area contributed by atoms with E-state index >= 15 is 0 Å². The fourth-order valence-corrected chi connectivity index (χ4v) is 4.46. The fourth-order valence-electron chi connectivity index (χ4n) is 2.95. The van der Waals surface area contributed by atoms with Crippen LogP contribution in [0.4, 0.5) is 16.6 Å². The topological polar surface area (TPSA) is 97.0 Å². The highest BCUT2D eigenvalue weighted by Gasteiger charge is 2.14. The first-order valence-electron chi connectivity index (χ1n) is 9.29. The van der Waals surface area contributed by atoms with Gasteiger partial charge >= 0.3 is 0 Å². The van der Waals surface area contributed by atoms with Crippen molar-refractivity contribution in [3.8, 4) is 0 Å². The van der Waals surface area contributed by atoms with Crippen LogP contribution < -0.4 is 11.1 Å². The van der Waals surface area contributed by atoms with Crippen LogP contribution in [0, 0.1) is 0 Å². The van der Waals surface area contributed by atoms with E-state index in [0.29, 0.717) is 28.2 Å². The number of thioether (sulfide) groups is 1. The van der Waals surface area contributed by atoms with E-state index in [4.69, 9.17) is 10.7 Å². The number of aliphatic hydroxyl groups excluding tert-OH is 1. The van der Waals surface area contributed by atoms with Gasteiger partial charge in [0.1, 0.15) is 4.70 Å². The summed E-state index contributed by atoms with van der Waals surface area (Å²) < 4.78 is 0.837. The van der Waals surface area contributed by atoms with Crippen molar-refractivity contribution >= 4 is 50.1 Å². The summed E-state index contributed by atoms with van der Waals surface area (Å²) in [5.74, 6) is 1.48. The summed E-state index contributed by atoms with van der Waals surface area (Å²) in [6.45, 7) is 0.164. The summed E-state index contributed by atoms with van der Waals surface area (Å²) >= 11 is 2.94. The molecular weight excluding hydrogens is 402 g/mol. The van der Waals surface area contributed by atoms with E-state index < -0.39 is 0 Å². The standard InChI is InChI=1S/C21H21N5OS2/c22-20-24-19-17(29-20)18(23-16-11-5-4-9-15(16)10-6-12-27)25-21(26-19)28-13-14-7-2-1-3-8-14/h1-5,7-9,11,27H,6,10,12-13H2,(H3,22,23,24,25,26). The Morgan fingerprint density at radius 2 is 1.79 bits per heavy atom. The molecule has 0 aliphatic rings. The number of para-hydroxylation sites is 1. The average molecular weight is 424 g/mol. The number of benzene rings is 2. The number of nitrogens with two attached hydrogens (primary N) is 1. The Balaban J connectivity index is 1.64. The molecule has 0 fully saturated rings. The highest BCUT2D eigenvalue weighted by atomic mass is 32.2. The Bertz CT molecular complexity index is 1100. The maximum absolute atomic E-state index is 9.18. The van der Waals surface area contributed by atoms with Gasteiger partial charge in [0.2, 0.25) is 0 Å². The predicted octanol–water partition coefficient (Wildman–Crippen LogP) is 4.63. The fraction of sp³-hybridized carbons (Fsp3) is 0.190. The number of rotatable bonds is 8. The number of nitrogens with zero attached hydrogens (tertiary/aromatic N) is 3. The summed E-state index contributed by atoms with van der Waals surface area (Å²) in [7, 11) is 0. The Kier molecular flexibility index (Phi) is 6.24. The predicted molar refractivity (Wildman–Crippen MR) is 121 cm³/mol. The molecule has 0 spiro atoms.